The van der Waals surface area contributed by atoms with Crippen molar-refractivity contribution in [3.63, 3.8) is 0 Å². The van der Waals surface area contributed by atoms with Crippen LogP contribution in [0.15, 0.2) is 12.4 Å². The summed E-state index contributed by atoms with van der Waals surface area (Å²) in [7, 11) is -1.99. The maximum atomic E-state index is 10.7. The highest BCUT2D eigenvalue weighted by atomic mass is 32.2. The molecule has 0 aromatic heterocycles. The van der Waals surface area contributed by atoms with E-state index in [1.165, 1.54) is 4.90 Å². The molecule has 0 saturated carbocycles. The zero-order valence-corrected chi connectivity index (χ0v) is 8.76. The fourth-order valence-corrected chi connectivity index (χ4v) is 0.642. The molecule has 0 saturated heterocycles. The van der Waals surface area contributed by atoms with Crippen molar-refractivity contribution in [1.82, 2.24) is 0 Å². The Labute approximate surface area is 84.9 Å². The molecule has 1 aliphatic heterocycles. The van der Waals surface area contributed by atoms with Crippen LogP contribution in [0.25, 0.3) is 0 Å². The van der Waals surface area contributed by atoms with E-state index >= 15 is 0 Å². The van der Waals surface area contributed by atoms with Crippen molar-refractivity contribution in [3.05, 3.63) is 12.4 Å². The van der Waals surface area contributed by atoms with Crippen LogP contribution in [0.4, 0.5) is 13.2 Å². The summed E-state index contributed by atoms with van der Waals surface area (Å²) in [6.07, 6.45) is 6.20. The Morgan fingerprint density at radius 1 is 1.40 bits per heavy atom. The second-order valence-electron chi connectivity index (χ2n) is 2.75. The van der Waals surface area contributed by atoms with Gasteiger partial charge in [-0.1, -0.05) is 0 Å². The van der Waals surface area contributed by atoms with Crippen LogP contribution in [-0.4, -0.2) is 43.5 Å². The van der Waals surface area contributed by atoms with Gasteiger partial charge in [0, 0.05) is 0 Å². The van der Waals surface area contributed by atoms with Crippen LogP contribution in [0.2, 0.25) is 0 Å². The Kier molecular flexibility index (Phi) is 4.43. The van der Waals surface area contributed by atoms with E-state index in [0.29, 0.717) is 0 Å². The lowest BCUT2D eigenvalue weighted by Crippen LogP contribution is -3.02. The van der Waals surface area contributed by atoms with Gasteiger partial charge in [0.2, 0.25) is 6.20 Å². The predicted molar refractivity (Wildman–Crippen MR) is 44.0 cm³/mol. The van der Waals surface area contributed by atoms with Gasteiger partial charge in [-0.3, -0.25) is 0 Å². The van der Waals surface area contributed by atoms with Crippen LogP contribution in [0.1, 0.15) is 0 Å². The van der Waals surface area contributed by atoms with Gasteiger partial charge in [0.15, 0.2) is 16.3 Å². The standard InChI is InChI=1S/C5H9N2.CHF3O3S/c1-6-3-4-7(2)5-6;2-1(3,4)8(5,6)7/h3-5H,1-2H3;(H,5,6,7)/q+1;. The van der Waals surface area contributed by atoms with E-state index < -0.39 is 15.6 Å². The van der Waals surface area contributed by atoms with E-state index in [2.05, 4.69) is 19.6 Å². The van der Waals surface area contributed by atoms with Crippen LogP contribution >= 0.6 is 0 Å². The van der Waals surface area contributed by atoms with E-state index in [-0.39, 0.29) is 0 Å². The SMILES string of the molecule is C[N+]1=C[NH+](C)C=C1.O=S(=O)([O-])C(F)(F)F. The van der Waals surface area contributed by atoms with E-state index in [1.807, 2.05) is 17.8 Å². The van der Waals surface area contributed by atoms with Gasteiger partial charge in [0.05, 0.1) is 7.05 Å². The van der Waals surface area contributed by atoms with Gasteiger partial charge in [-0.05, 0) is 0 Å². The number of halogens is 3. The summed E-state index contributed by atoms with van der Waals surface area (Å²) in [6, 6.07) is 0. The van der Waals surface area contributed by atoms with E-state index in [9.17, 15) is 13.2 Å². The minimum absolute atomic E-state index is 1.32. The molecule has 1 aliphatic rings. The number of rotatable bonds is 0. The van der Waals surface area contributed by atoms with Gasteiger partial charge in [-0.2, -0.15) is 17.7 Å². The highest BCUT2D eigenvalue weighted by Gasteiger charge is 2.36. The summed E-state index contributed by atoms with van der Waals surface area (Å²) in [5, 5.41) is 0. The van der Waals surface area contributed by atoms with Gasteiger partial charge in [-0.25, -0.2) is 13.3 Å². The molecule has 1 heterocycles. The third-order valence-corrected chi connectivity index (χ3v) is 1.83. The maximum absolute atomic E-state index is 10.7. The van der Waals surface area contributed by atoms with E-state index in [1.54, 1.807) is 0 Å². The smallest absolute Gasteiger partial charge is 0.485 e. The monoisotopic (exact) mass is 247 g/mol. The fraction of sp³-hybridized carbons (Fsp3) is 0.500. The summed E-state index contributed by atoms with van der Waals surface area (Å²) in [6.45, 7) is 0. The molecule has 0 spiro atoms. The van der Waals surface area contributed by atoms with Crippen molar-refractivity contribution in [2.75, 3.05) is 14.1 Å². The highest BCUT2D eigenvalue weighted by molar-refractivity contribution is 7.86. The first kappa shape index (κ1) is 14.1. The molecule has 1 rings (SSSR count). The van der Waals surface area contributed by atoms with Crippen molar-refractivity contribution in [2.45, 2.75) is 5.51 Å². The Morgan fingerprint density at radius 3 is 1.87 bits per heavy atom. The zero-order chi connectivity index (χ0) is 12.3. The minimum Gasteiger partial charge on any atom is -0.741 e. The third-order valence-electron chi connectivity index (χ3n) is 1.26. The van der Waals surface area contributed by atoms with Gasteiger partial charge in [0.1, 0.15) is 7.05 Å². The first-order valence-corrected chi connectivity index (χ1v) is 5.05. The largest absolute Gasteiger partial charge is 0.741 e. The van der Waals surface area contributed by atoms with Crippen LogP contribution in [0.3, 0.4) is 0 Å². The Morgan fingerprint density at radius 2 is 1.80 bits per heavy atom. The second kappa shape index (κ2) is 4.73. The normalized spacial score (nSPS) is 20.7. The molecule has 0 amide bonds. The van der Waals surface area contributed by atoms with Crippen molar-refractivity contribution in [2.24, 2.45) is 0 Å². The molecule has 1 atom stereocenters. The molecule has 1 N–H and O–H groups in total. The molecule has 0 radical (unpaired) electrons. The van der Waals surface area contributed by atoms with Gasteiger partial charge in [0.25, 0.3) is 0 Å². The lowest BCUT2D eigenvalue weighted by Gasteiger charge is -2.08. The second-order valence-corrected chi connectivity index (χ2v) is 4.13. The van der Waals surface area contributed by atoms with Gasteiger partial charge >= 0.3 is 11.8 Å². The molecule has 9 heteroatoms. The first-order chi connectivity index (χ1) is 6.54. The number of nitrogens with zero attached hydrogens (tertiary/aromatic N) is 1. The van der Waals surface area contributed by atoms with Crippen LogP contribution in [0.5, 0.6) is 0 Å². The molecule has 0 aromatic rings. The third kappa shape index (κ3) is 5.50. The van der Waals surface area contributed by atoms with Crippen LogP contribution < -0.4 is 4.90 Å². The minimum atomic E-state index is -6.09. The predicted octanol–water partition coefficient (Wildman–Crippen LogP) is -1.29. The van der Waals surface area contributed by atoms with Crippen molar-refractivity contribution >= 4 is 16.5 Å². The molecule has 0 aliphatic carbocycles. The molecule has 0 aromatic carbocycles. The Balaban J connectivity index is 0.000000262. The lowest BCUT2D eigenvalue weighted by molar-refractivity contribution is -0.723. The molecule has 1 unspecified atom stereocenters. The highest BCUT2D eigenvalue weighted by Crippen LogP contribution is 2.20. The number of nitrogens with one attached hydrogen (secondary N) is 1. The topological polar surface area (TPSA) is 64.7 Å². The number of hydrogen-bond donors (Lipinski definition) is 1. The average Bonchev–Trinajstić information content (AvgIpc) is 2.31. The molecule has 5 nitrogen and oxygen atoms in total. The fourth-order valence-electron chi connectivity index (χ4n) is 0.642. The number of alkyl halides is 3. The molecular weight excluding hydrogens is 237 g/mol. The van der Waals surface area contributed by atoms with Gasteiger partial charge in [-0.15, -0.1) is 0 Å². The number of hydrogen-bond acceptors (Lipinski definition) is 3. The van der Waals surface area contributed by atoms with Crippen molar-refractivity contribution in [3.8, 4) is 0 Å². The molecule has 0 fully saturated rings. The average molecular weight is 247 g/mol. The summed E-state index contributed by atoms with van der Waals surface area (Å²) in [5.41, 5.74) is -5.65. The van der Waals surface area contributed by atoms with Crippen molar-refractivity contribution in [1.29, 1.82) is 0 Å². The summed E-state index contributed by atoms with van der Waals surface area (Å²) in [5.74, 6) is 0. The lowest BCUT2D eigenvalue weighted by atomic mass is 10.8. The molecular formula is C6H10F3N2O3S+. The summed E-state index contributed by atoms with van der Waals surface area (Å²) in [4.78, 5) is 1.32. The van der Waals surface area contributed by atoms with Crippen LogP contribution in [0, 0.1) is 0 Å². The summed E-state index contributed by atoms with van der Waals surface area (Å²) >= 11 is 0. The van der Waals surface area contributed by atoms with E-state index in [0.717, 1.165) is 0 Å². The molecule has 0 bridgehead atoms. The van der Waals surface area contributed by atoms with Crippen molar-refractivity contribution < 1.29 is 35.6 Å². The van der Waals surface area contributed by atoms with Crippen LogP contribution in [-0.2, 0) is 10.1 Å². The Hall–Kier alpha value is -0.930. The number of quaternary nitrogens is 1. The summed E-state index contributed by atoms with van der Waals surface area (Å²) < 4.78 is 60.9. The Bertz CT molecular complexity index is 372. The quantitative estimate of drug-likeness (QED) is 0.329. The molecule has 15 heavy (non-hydrogen) atoms. The first-order valence-electron chi connectivity index (χ1n) is 3.65. The van der Waals surface area contributed by atoms with Gasteiger partial charge < -0.3 is 4.55 Å². The molecule has 88 valence electrons. The zero-order valence-electron chi connectivity index (χ0n) is 7.95. The maximum Gasteiger partial charge on any atom is 0.485 e. The van der Waals surface area contributed by atoms with E-state index in [4.69, 9.17) is 13.0 Å².